The van der Waals surface area contributed by atoms with E-state index < -0.39 is 6.04 Å². The predicted molar refractivity (Wildman–Crippen MR) is 72.1 cm³/mol. The summed E-state index contributed by atoms with van der Waals surface area (Å²) in [7, 11) is 0. The number of halogens is 1. The van der Waals surface area contributed by atoms with E-state index in [1.54, 1.807) is 0 Å². The largest absolute Gasteiger partial charge is 0.348 e. The number of benzene rings is 1. The molecule has 0 aliphatic rings. The fraction of sp³-hybridized carbons (Fsp3) is 0.308. The molecule has 0 spiro atoms. The van der Waals surface area contributed by atoms with Gasteiger partial charge in [0.25, 0.3) is 0 Å². The lowest BCUT2D eigenvalue weighted by Crippen LogP contribution is -2.41. The van der Waals surface area contributed by atoms with Crippen LogP contribution in [-0.4, -0.2) is 11.9 Å². The van der Waals surface area contributed by atoms with Gasteiger partial charge in [0.05, 0.1) is 12.1 Å². The molecule has 0 aliphatic heterocycles. The quantitative estimate of drug-likeness (QED) is 0.835. The molecule has 0 aromatic heterocycles. The zero-order chi connectivity index (χ0) is 12.8. The number of nitrogens with one attached hydrogen (secondary N) is 1. The van der Waals surface area contributed by atoms with Crippen LogP contribution in [0.15, 0.2) is 28.7 Å². The maximum Gasteiger partial charge on any atom is 0.238 e. The summed E-state index contributed by atoms with van der Waals surface area (Å²) in [5.41, 5.74) is 6.64. The van der Waals surface area contributed by atoms with Crippen molar-refractivity contribution in [3.05, 3.63) is 34.3 Å². The monoisotopic (exact) mass is 294 g/mol. The van der Waals surface area contributed by atoms with Gasteiger partial charge in [-0.05, 0) is 24.6 Å². The van der Waals surface area contributed by atoms with Gasteiger partial charge >= 0.3 is 0 Å². The van der Waals surface area contributed by atoms with Gasteiger partial charge in [-0.1, -0.05) is 28.1 Å². The van der Waals surface area contributed by atoms with Crippen molar-refractivity contribution in [1.82, 2.24) is 5.32 Å². The number of rotatable bonds is 4. The molecule has 1 amide bonds. The van der Waals surface area contributed by atoms with Gasteiger partial charge in [-0.25, -0.2) is 0 Å². The summed E-state index contributed by atoms with van der Waals surface area (Å²) in [6, 6.07) is 7.03. The zero-order valence-electron chi connectivity index (χ0n) is 9.61. The van der Waals surface area contributed by atoms with Gasteiger partial charge in [0.15, 0.2) is 0 Å². The van der Waals surface area contributed by atoms with Crippen LogP contribution in [0.1, 0.15) is 24.9 Å². The standard InChI is InChI=1S/C13H15BrN2O/c1-3-4-12(15)13(17)16-9(2)10-5-7-11(14)8-6-10/h1,5-9,12H,4,15H2,2H3,(H,16,17)/t9-,12?/m1/s1. The minimum Gasteiger partial charge on any atom is -0.348 e. The van der Waals surface area contributed by atoms with Crippen LogP contribution in [0, 0.1) is 12.3 Å². The van der Waals surface area contributed by atoms with Gasteiger partial charge in [0.1, 0.15) is 0 Å². The van der Waals surface area contributed by atoms with Crippen molar-refractivity contribution in [2.45, 2.75) is 25.4 Å². The van der Waals surface area contributed by atoms with Crippen LogP contribution >= 0.6 is 15.9 Å². The first kappa shape index (κ1) is 13.8. The minimum absolute atomic E-state index is 0.0839. The fourth-order valence-corrected chi connectivity index (χ4v) is 1.64. The first-order valence-corrected chi connectivity index (χ1v) is 6.08. The van der Waals surface area contributed by atoms with Crippen LogP contribution < -0.4 is 11.1 Å². The van der Waals surface area contributed by atoms with Crippen molar-refractivity contribution in [3.8, 4) is 12.3 Å². The Morgan fingerprint density at radius 1 is 1.53 bits per heavy atom. The summed E-state index contributed by atoms with van der Waals surface area (Å²) < 4.78 is 1.00. The highest BCUT2D eigenvalue weighted by atomic mass is 79.9. The number of nitrogens with two attached hydrogens (primary N) is 1. The van der Waals surface area contributed by atoms with E-state index in [2.05, 4.69) is 27.2 Å². The molecule has 1 aromatic rings. The first-order chi connectivity index (χ1) is 8.04. The summed E-state index contributed by atoms with van der Waals surface area (Å²) >= 11 is 3.36. The molecule has 0 fully saturated rings. The lowest BCUT2D eigenvalue weighted by atomic mass is 10.1. The molecule has 1 rings (SSSR count). The molecule has 0 saturated heterocycles. The van der Waals surface area contributed by atoms with E-state index in [9.17, 15) is 4.79 Å². The maximum atomic E-state index is 11.6. The van der Waals surface area contributed by atoms with E-state index in [4.69, 9.17) is 12.2 Å². The molecule has 3 nitrogen and oxygen atoms in total. The Hall–Kier alpha value is -1.31. The third kappa shape index (κ3) is 4.22. The highest BCUT2D eigenvalue weighted by molar-refractivity contribution is 9.10. The van der Waals surface area contributed by atoms with Crippen LogP contribution in [0.3, 0.4) is 0 Å². The fourth-order valence-electron chi connectivity index (χ4n) is 1.37. The Balaban J connectivity index is 2.60. The van der Waals surface area contributed by atoms with E-state index in [1.807, 2.05) is 31.2 Å². The third-order valence-corrected chi connectivity index (χ3v) is 2.93. The van der Waals surface area contributed by atoms with Gasteiger partial charge < -0.3 is 11.1 Å². The first-order valence-electron chi connectivity index (χ1n) is 5.29. The summed E-state index contributed by atoms with van der Waals surface area (Å²) in [4.78, 5) is 11.6. The molecule has 1 aromatic carbocycles. The lowest BCUT2D eigenvalue weighted by molar-refractivity contribution is -0.122. The highest BCUT2D eigenvalue weighted by Gasteiger charge is 2.15. The number of hydrogen-bond donors (Lipinski definition) is 2. The molecule has 2 atom stereocenters. The number of hydrogen-bond acceptors (Lipinski definition) is 2. The molecular weight excluding hydrogens is 280 g/mol. The van der Waals surface area contributed by atoms with Crippen molar-refractivity contribution in [2.24, 2.45) is 5.73 Å². The average molecular weight is 295 g/mol. The van der Waals surface area contributed by atoms with Crippen LogP contribution in [0.5, 0.6) is 0 Å². The van der Waals surface area contributed by atoms with Crippen LogP contribution in [0.4, 0.5) is 0 Å². The molecule has 0 radical (unpaired) electrons. The number of carbonyl (C=O) groups is 1. The van der Waals surface area contributed by atoms with Crippen LogP contribution in [0.2, 0.25) is 0 Å². The van der Waals surface area contributed by atoms with Crippen molar-refractivity contribution in [1.29, 1.82) is 0 Å². The van der Waals surface area contributed by atoms with Crippen molar-refractivity contribution >= 4 is 21.8 Å². The Morgan fingerprint density at radius 2 is 2.12 bits per heavy atom. The van der Waals surface area contributed by atoms with E-state index in [0.717, 1.165) is 10.0 Å². The molecule has 0 heterocycles. The molecule has 1 unspecified atom stereocenters. The summed E-state index contributed by atoms with van der Waals surface area (Å²) in [6.07, 6.45) is 5.36. The summed E-state index contributed by atoms with van der Waals surface area (Å²) in [6.45, 7) is 1.91. The second-order valence-electron chi connectivity index (χ2n) is 3.80. The normalized spacial score (nSPS) is 13.5. The van der Waals surface area contributed by atoms with Gasteiger partial charge in [-0.3, -0.25) is 4.79 Å². The molecule has 4 heteroatoms. The van der Waals surface area contributed by atoms with Crippen LogP contribution in [0.25, 0.3) is 0 Å². The lowest BCUT2D eigenvalue weighted by Gasteiger charge is -2.16. The second kappa shape index (κ2) is 6.43. The molecule has 90 valence electrons. The van der Waals surface area contributed by atoms with E-state index in [-0.39, 0.29) is 18.4 Å². The summed E-state index contributed by atoms with van der Waals surface area (Å²) in [5, 5.41) is 2.83. The van der Waals surface area contributed by atoms with E-state index in [1.165, 1.54) is 0 Å². The molecular formula is C13H15BrN2O. The second-order valence-corrected chi connectivity index (χ2v) is 4.71. The minimum atomic E-state index is -0.641. The smallest absolute Gasteiger partial charge is 0.238 e. The number of amides is 1. The zero-order valence-corrected chi connectivity index (χ0v) is 11.2. The Kier molecular flexibility index (Phi) is 5.20. The van der Waals surface area contributed by atoms with Gasteiger partial charge in [-0.2, -0.15) is 0 Å². The van der Waals surface area contributed by atoms with E-state index in [0.29, 0.717) is 0 Å². The third-order valence-electron chi connectivity index (χ3n) is 2.40. The SMILES string of the molecule is C#CCC(N)C(=O)N[C@H](C)c1ccc(Br)cc1. The van der Waals surface area contributed by atoms with Crippen molar-refractivity contribution < 1.29 is 4.79 Å². The van der Waals surface area contributed by atoms with Crippen LogP contribution in [-0.2, 0) is 4.79 Å². The number of terminal acetylenes is 1. The molecule has 3 N–H and O–H groups in total. The van der Waals surface area contributed by atoms with Crippen molar-refractivity contribution in [2.75, 3.05) is 0 Å². The molecule has 17 heavy (non-hydrogen) atoms. The Bertz CT molecular complexity index is 422. The maximum absolute atomic E-state index is 11.6. The van der Waals surface area contributed by atoms with Crippen molar-refractivity contribution in [3.63, 3.8) is 0 Å². The van der Waals surface area contributed by atoms with Gasteiger partial charge in [0.2, 0.25) is 5.91 Å². The molecule has 0 aliphatic carbocycles. The average Bonchev–Trinajstić information content (AvgIpc) is 2.30. The predicted octanol–water partition coefficient (Wildman–Crippen LogP) is 1.98. The highest BCUT2D eigenvalue weighted by Crippen LogP contribution is 2.16. The molecule has 0 bridgehead atoms. The number of carbonyl (C=O) groups excluding carboxylic acids is 1. The topological polar surface area (TPSA) is 55.1 Å². The van der Waals surface area contributed by atoms with Gasteiger partial charge in [-0.15, -0.1) is 12.3 Å². The van der Waals surface area contributed by atoms with E-state index >= 15 is 0 Å². The summed E-state index contributed by atoms with van der Waals surface area (Å²) in [5.74, 6) is 2.15. The van der Waals surface area contributed by atoms with Gasteiger partial charge in [0, 0.05) is 10.9 Å². The Morgan fingerprint density at radius 3 is 2.65 bits per heavy atom. The molecule has 0 saturated carbocycles. The Labute approximate surface area is 110 Å².